The number of aliphatic hydroxyl groups is 3. The number of esters is 1. The molecule has 0 bridgehead atoms. The number of H-pyrrole nitrogens is 1. The number of aliphatic imine (C=N–C) groups is 1. The van der Waals surface area contributed by atoms with Crippen molar-refractivity contribution < 1.29 is 29.6 Å². The summed E-state index contributed by atoms with van der Waals surface area (Å²) in [6.07, 6.45) is 1.14. The van der Waals surface area contributed by atoms with Crippen molar-refractivity contribution in [3.8, 4) is 0 Å². The summed E-state index contributed by atoms with van der Waals surface area (Å²) in [7, 11) is 0. The molecular formula is C27H43N9O6. The largest absolute Gasteiger partial charge is 0.464 e. The highest BCUT2D eigenvalue weighted by molar-refractivity contribution is 5.87. The van der Waals surface area contributed by atoms with E-state index in [9.17, 15) is 24.9 Å². The van der Waals surface area contributed by atoms with Crippen LogP contribution in [0.15, 0.2) is 17.5 Å². The van der Waals surface area contributed by atoms with E-state index in [0.29, 0.717) is 16.6 Å². The van der Waals surface area contributed by atoms with Crippen LogP contribution in [0.25, 0.3) is 11.0 Å². The molecule has 1 aliphatic heterocycles. The molecule has 0 radical (unpaired) electrons. The van der Waals surface area contributed by atoms with Crippen LogP contribution in [-0.4, -0.2) is 91.7 Å². The minimum Gasteiger partial charge on any atom is -0.464 e. The standard InChI is InChI=1S/C27H43N9O6/c1-4-12(5-2)18(35-11(3)37)17-13(7-32-27(29)30)6-14(22(17)38)26(41)42-9-16-23(39)24(40)20(36-16)15-8-31-21-19(15)33-10-34-25(21)28/h8,10,12-14,16-18,20,22-24,31,36,38-40H,4-7,9H2,1-3H3,(H,35,37)(H2,28,33,34)(H4,29,30,32)/t13?,14-,16+,17+,18-,20-,22+,23+,24-/m0/s1. The van der Waals surface area contributed by atoms with E-state index < -0.39 is 54.2 Å². The van der Waals surface area contributed by atoms with Crippen LogP contribution in [0, 0.1) is 23.7 Å². The lowest BCUT2D eigenvalue weighted by molar-refractivity contribution is -0.153. The molecule has 1 saturated carbocycles. The molecule has 15 heteroatoms. The van der Waals surface area contributed by atoms with E-state index >= 15 is 0 Å². The molecule has 4 rings (SSSR count). The molecule has 1 amide bonds. The number of fused-ring (bicyclic) bond motifs is 1. The van der Waals surface area contributed by atoms with Crippen LogP contribution in [0.3, 0.4) is 0 Å². The Kier molecular flexibility index (Phi) is 9.86. The van der Waals surface area contributed by atoms with Gasteiger partial charge >= 0.3 is 5.97 Å². The van der Waals surface area contributed by atoms with Gasteiger partial charge in [0.05, 0.1) is 29.6 Å². The first-order valence-corrected chi connectivity index (χ1v) is 14.3. The minimum atomic E-state index is -1.25. The summed E-state index contributed by atoms with van der Waals surface area (Å²) in [4.78, 5) is 40.8. The van der Waals surface area contributed by atoms with Gasteiger partial charge in [-0.05, 0) is 18.3 Å². The lowest BCUT2D eigenvalue weighted by Gasteiger charge is -2.36. The average molecular weight is 590 g/mol. The number of carbonyl (C=O) groups excluding carboxylic acids is 2. The highest BCUT2D eigenvalue weighted by Crippen LogP contribution is 2.43. The van der Waals surface area contributed by atoms with E-state index in [2.05, 4.69) is 30.6 Å². The van der Waals surface area contributed by atoms with E-state index in [1.165, 1.54) is 13.3 Å². The van der Waals surface area contributed by atoms with Crippen molar-refractivity contribution in [3.63, 3.8) is 0 Å². The molecule has 1 aliphatic carbocycles. The zero-order chi connectivity index (χ0) is 30.7. The number of carbonyl (C=O) groups is 2. The van der Waals surface area contributed by atoms with E-state index in [0.717, 1.165) is 12.8 Å². The van der Waals surface area contributed by atoms with Crippen LogP contribution in [0.2, 0.25) is 0 Å². The number of amides is 1. The Bertz CT molecular complexity index is 1280. The Morgan fingerprint density at radius 3 is 2.52 bits per heavy atom. The predicted molar refractivity (Wildman–Crippen MR) is 154 cm³/mol. The summed E-state index contributed by atoms with van der Waals surface area (Å²) in [5, 5.41) is 39.2. The molecule has 9 atom stereocenters. The second-order valence-electron chi connectivity index (χ2n) is 11.3. The van der Waals surface area contributed by atoms with Crippen LogP contribution in [0.4, 0.5) is 5.82 Å². The summed E-state index contributed by atoms with van der Waals surface area (Å²) in [5.74, 6) is -2.35. The Hall–Kier alpha value is -3.53. The van der Waals surface area contributed by atoms with Crippen molar-refractivity contribution in [1.29, 1.82) is 0 Å². The third-order valence-corrected chi connectivity index (χ3v) is 8.82. The third kappa shape index (κ3) is 6.28. The zero-order valence-electron chi connectivity index (χ0n) is 24.1. The van der Waals surface area contributed by atoms with Crippen molar-refractivity contribution in [2.24, 2.45) is 40.1 Å². The molecule has 0 spiro atoms. The molecule has 0 aromatic carbocycles. The number of ether oxygens (including phenoxy) is 1. The van der Waals surface area contributed by atoms with Crippen LogP contribution in [0.5, 0.6) is 0 Å². The number of anilines is 1. The van der Waals surface area contributed by atoms with Gasteiger partial charge in [0.1, 0.15) is 30.7 Å². The highest BCUT2D eigenvalue weighted by Gasteiger charge is 2.51. The minimum absolute atomic E-state index is 0.0615. The molecule has 12 N–H and O–H groups in total. The van der Waals surface area contributed by atoms with Gasteiger partial charge in [-0.3, -0.25) is 19.9 Å². The second kappa shape index (κ2) is 13.2. The first-order chi connectivity index (χ1) is 20.0. The quantitative estimate of drug-likeness (QED) is 0.0836. The summed E-state index contributed by atoms with van der Waals surface area (Å²) < 4.78 is 5.61. The molecule has 3 heterocycles. The smallest absolute Gasteiger partial charge is 0.311 e. The molecule has 15 nitrogen and oxygen atoms in total. The number of nitrogen functional groups attached to an aromatic ring is 1. The number of hydrogen-bond donors (Lipinski definition) is 9. The molecule has 2 aromatic rings. The van der Waals surface area contributed by atoms with Gasteiger partial charge in [0.2, 0.25) is 5.91 Å². The predicted octanol–water partition coefficient (Wildman–Crippen LogP) is -1.35. The third-order valence-electron chi connectivity index (χ3n) is 8.82. The maximum absolute atomic E-state index is 13.3. The topological polar surface area (TPSA) is 260 Å². The normalized spacial score (nSPS) is 30.0. The summed E-state index contributed by atoms with van der Waals surface area (Å²) in [5.41, 5.74) is 18.7. The number of aliphatic hydroxyl groups excluding tert-OH is 3. The van der Waals surface area contributed by atoms with Crippen molar-refractivity contribution in [2.45, 2.75) is 76.5 Å². The molecule has 232 valence electrons. The Morgan fingerprint density at radius 1 is 1.17 bits per heavy atom. The van der Waals surface area contributed by atoms with Gasteiger partial charge in [-0.2, -0.15) is 0 Å². The van der Waals surface area contributed by atoms with E-state index in [1.807, 2.05) is 13.8 Å². The Labute approximate surface area is 243 Å². The van der Waals surface area contributed by atoms with Gasteiger partial charge in [0, 0.05) is 37.2 Å². The van der Waals surface area contributed by atoms with Gasteiger partial charge in [-0.15, -0.1) is 0 Å². The fourth-order valence-corrected chi connectivity index (χ4v) is 6.67. The molecule has 2 aliphatic rings. The van der Waals surface area contributed by atoms with Crippen molar-refractivity contribution in [3.05, 3.63) is 18.1 Å². The number of nitrogens with zero attached hydrogens (tertiary/aromatic N) is 3. The lowest BCUT2D eigenvalue weighted by atomic mass is 9.78. The van der Waals surface area contributed by atoms with E-state index in [1.54, 1.807) is 6.20 Å². The highest BCUT2D eigenvalue weighted by atomic mass is 16.5. The Morgan fingerprint density at radius 2 is 1.88 bits per heavy atom. The number of hydrogen-bond acceptors (Lipinski definition) is 11. The fraction of sp³-hybridized carbons (Fsp3) is 0.667. The molecule has 1 saturated heterocycles. The van der Waals surface area contributed by atoms with Gasteiger partial charge < -0.3 is 47.6 Å². The van der Waals surface area contributed by atoms with Crippen LogP contribution < -0.4 is 27.8 Å². The van der Waals surface area contributed by atoms with Gasteiger partial charge in [0.25, 0.3) is 0 Å². The number of aromatic nitrogens is 3. The van der Waals surface area contributed by atoms with Crippen LogP contribution in [-0.2, 0) is 14.3 Å². The first-order valence-electron chi connectivity index (χ1n) is 14.3. The van der Waals surface area contributed by atoms with Gasteiger partial charge in [-0.1, -0.05) is 26.7 Å². The first kappa shape index (κ1) is 31.4. The van der Waals surface area contributed by atoms with Crippen molar-refractivity contribution in [2.75, 3.05) is 18.9 Å². The summed E-state index contributed by atoms with van der Waals surface area (Å²) in [6.45, 7) is 5.38. The van der Waals surface area contributed by atoms with Crippen LogP contribution in [0.1, 0.15) is 51.6 Å². The maximum atomic E-state index is 13.3. The number of rotatable bonds is 11. The van der Waals surface area contributed by atoms with Crippen molar-refractivity contribution in [1.82, 2.24) is 25.6 Å². The number of nitrogens with one attached hydrogen (secondary N) is 3. The zero-order valence-corrected chi connectivity index (χ0v) is 24.1. The monoisotopic (exact) mass is 589 g/mol. The molecule has 42 heavy (non-hydrogen) atoms. The summed E-state index contributed by atoms with van der Waals surface area (Å²) >= 11 is 0. The number of guanidine groups is 1. The number of nitrogens with two attached hydrogens (primary N) is 3. The Balaban J connectivity index is 1.48. The van der Waals surface area contributed by atoms with Gasteiger partial charge in [-0.25, -0.2) is 9.97 Å². The molecular weight excluding hydrogens is 546 g/mol. The number of aromatic amines is 1. The fourth-order valence-electron chi connectivity index (χ4n) is 6.67. The molecule has 1 unspecified atom stereocenters. The van der Waals surface area contributed by atoms with E-state index in [-0.39, 0.29) is 49.1 Å². The second-order valence-corrected chi connectivity index (χ2v) is 11.3. The van der Waals surface area contributed by atoms with E-state index in [4.69, 9.17) is 21.9 Å². The van der Waals surface area contributed by atoms with Crippen LogP contribution >= 0.6 is 0 Å². The lowest BCUT2D eigenvalue weighted by Crippen LogP contribution is -2.50. The maximum Gasteiger partial charge on any atom is 0.311 e. The molecule has 2 fully saturated rings. The SMILES string of the molecule is CCC(CC)[C@H](NC(C)=O)[C@H]1C(CN=C(N)N)C[C@H](C(=O)OC[C@H]2N[C@@H](c3c[nH]c4c(N)ncnc34)[C@H](O)[C@@H]2O)[C@H]1O. The average Bonchev–Trinajstić information content (AvgIpc) is 3.60. The van der Waals surface area contributed by atoms with Gasteiger partial charge in [0.15, 0.2) is 11.8 Å². The summed E-state index contributed by atoms with van der Waals surface area (Å²) in [6, 6.07) is -1.90. The molecule has 2 aromatic heterocycles. The van der Waals surface area contributed by atoms with Crippen molar-refractivity contribution >= 4 is 34.7 Å².